The van der Waals surface area contributed by atoms with Crippen molar-refractivity contribution in [3.8, 4) is 16.9 Å². The predicted molar refractivity (Wildman–Crippen MR) is 142 cm³/mol. The lowest BCUT2D eigenvalue weighted by molar-refractivity contribution is -0.127. The van der Waals surface area contributed by atoms with Crippen LogP contribution in [0.4, 0.5) is 5.69 Å². The van der Waals surface area contributed by atoms with Crippen LogP contribution in [0, 0.1) is 0 Å². The molecule has 34 heavy (non-hydrogen) atoms. The molecular weight excluding hydrogens is 444 g/mol. The lowest BCUT2D eigenvalue weighted by Gasteiger charge is -2.31. The molecule has 0 aliphatic carbocycles. The SMILES string of the molecule is C=C(Cc1ccc2c(c1)C(=O)OC(C)(C)O2)NC(=S)Nc1ccc(-c2ccccc2)cc1.CC. The lowest BCUT2D eigenvalue weighted by atomic mass is 10.0. The number of nitrogens with one attached hydrogen (secondary N) is 2. The first-order chi connectivity index (χ1) is 16.3. The second-order valence-electron chi connectivity index (χ2n) is 8.02. The minimum absolute atomic E-state index is 0.396. The average Bonchev–Trinajstić information content (AvgIpc) is 2.81. The Hall–Kier alpha value is -3.64. The molecule has 0 aromatic heterocycles. The third-order valence-electron chi connectivity index (χ3n) is 4.92. The van der Waals surface area contributed by atoms with E-state index in [1.54, 1.807) is 26.0 Å². The number of carbonyl (C=O) groups is 1. The summed E-state index contributed by atoms with van der Waals surface area (Å²) in [5.41, 5.74) is 5.19. The van der Waals surface area contributed by atoms with Gasteiger partial charge in [0.05, 0.1) is 0 Å². The third-order valence-corrected chi connectivity index (χ3v) is 5.12. The smallest absolute Gasteiger partial charge is 0.345 e. The molecule has 0 bridgehead atoms. The Balaban J connectivity index is 0.00000158. The van der Waals surface area contributed by atoms with Crippen LogP contribution in [0.3, 0.4) is 0 Å². The minimum atomic E-state index is -0.964. The molecule has 6 heteroatoms. The molecule has 3 aromatic carbocycles. The second-order valence-corrected chi connectivity index (χ2v) is 8.43. The molecule has 0 saturated carbocycles. The first-order valence-corrected chi connectivity index (χ1v) is 11.7. The maximum absolute atomic E-state index is 12.3. The van der Waals surface area contributed by atoms with Crippen molar-refractivity contribution in [1.82, 2.24) is 5.32 Å². The number of ether oxygens (including phenoxy) is 2. The Labute approximate surface area is 206 Å². The number of thiocarbonyl (C=S) groups is 1. The van der Waals surface area contributed by atoms with E-state index in [1.807, 2.05) is 62.4 Å². The van der Waals surface area contributed by atoms with Crippen LogP contribution in [0.2, 0.25) is 0 Å². The average molecular weight is 475 g/mol. The minimum Gasteiger partial charge on any atom is -0.452 e. The topological polar surface area (TPSA) is 59.6 Å². The monoisotopic (exact) mass is 474 g/mol. The standard InChI is InChI=1S/C26H24N2O3S.C2H6/c1-17(15-18-9-14-23-22(16-18)24(29)31-26(2,3)30-23)27-25(32)28-21-12-10-20(11-13-21)19-7-5-4-6-8-19;1-2/h4-14,16H,1,15H2,2-3H3,(H2,27,28,32);1-2H3. The Morgan fingerprint density at radius 3 is 2.26 bits per heavy atom. The van der Waals surface area contributed by atoms with E-state index in [0.29, 0.717) is 28.5 Å². The maximum Gasteiger partial charge on any atom is 0.345 e. The summed E-state index contributed by atoms with van der Waals surface area (Å²) in [4.78, 5) is 12.3. The quantitative estimate of drug-likeness (QED) is 0.317. The fourth-order valence-corrected chi connectivity index (χ4v) is 3.75. The molecule has 0 amide bonds. The molecule has 0 radical (unpaired) electrons. The van der Waals surface area contributed by atoms with Gasteiger partial charge in [-0.25, -0.2) is 4.79 Å². The van der Waals surface area contributed by atoms with Crippen molar-refractivity contribution in [2.45, 2.75) is 39.9 Å². The number of cyclic esters (lactones) is 1. The van der Waals surface area contributed by atoms with Crippen LogP contribution in [0.25, 0.3) is 11.1 Å². The van der Waals surface area contributed by atoms with Gasteiger partial charge in [-0.15, -0.1) is 0 Å². The molecule has 2 N–H and O–H groups in total. The van der Waals surface area contributed by atoms with Gasteiger partial charge >= 0.3 is 5.97 Å². The number of benzene rings is 3. The molecule has 1 aliphatic heterocycles. The van der Waals surface area contributed by atoms with Crippen molar-refractivity contribution in [2.24, 2.45) is 0 Å². The van der Waals surface area contributed by atoms with Crippen molar-refractivity contribution < 1.29 is 14.3 Å². The molecule has 0 unspecified atom stereocenters. The van der Waals surface area contributed by atoms with Crippen LogP contribution in [-0.2, 0) is 11.2 Å². The van der Waals surface area contributed by atoms with Crippen LogP contribution in [0.5, 0.6) is 5.75 Å². The first-order valence-electron chi connectivity index (χ1n) is 11.3. The fraction of sp³-hybridized carbons (Fsp3) is 0.214. The normalized spacial score (nSPS) is 13.2. The number of anilines is 1. The van der Waals surface area contributed by atoms with Crippen molar-refractivity contribution in [3.05, 3.63) is 96.2 Å². The van der Waals surface area contributed by atoms with Gasteiger partial charge in [0.25, 0.3) is 0 Å². The molecule has 0 atom stereocenters. The molecule has 1 aliphatic rings. The van der Waals surface area contributed by atoms with Gasteiger partial charge in [0.1, 0.15) is 11.3 Å². The molecule has 176 valence electrons. The van der Waals surface area contributed by atoms with Crippen molar-refractivity contribution in [3.63, 3.8) is 0 Å². The zero-order valence-corrected chi connectivity index (χ0v) is 20.8. The lowest BCUT2D eigenvalue weighted by Crippen LogP contribution is -2.38. The van der Waals surface area contributed by atoms with Gasteiger partial charge in [0, 0.05) is 31.7 Å². The number of esters is 1. The number of hydrogen-bond donors (Lipinski definition) is 2. The highest BCUT2D eigenvalue weighted by Gasteiger charge is 2.33. The summed E-state index contributed by atoms with van der Waals surface area (Å²) in [5, 5.41) is 6.72. The molecule has 0 fully saturated rings. The summed E-state index contributed by atoms with van der Waals surface area (Å²) in [7, 11) is 0. The van der Waals surface area contributed by atoms with E-state index in [1.165, 1.54) is 0 Å². The Morgan fingerprint density at radius 2 is 1.59 bits per heavy atom. The molecule has 4 rings (SSSR count). The zero-order chi connectivity index (χ0) is 24.7. The zero-order valence-electron chi connectivity index (χ0n) is 20.0. The molecular formula is C28H30N2O3S. The van der Waals surface area contributed by atoms with E-state index < -0.39 is 11.8 Å². The molecule has 1 heterocycles. The number of allylic oxidation sites excluding steroid dienone is 1. The van der Waals surface area contributed by atoms with Gasteiger partial charge in [0.2, 0.25) is 5.79 Å². The van der Waals surface area contributed by atoms with Gasteiger partial charge in [-0.05, 0) is 53.2 Å². The number of rotatable bonds is 5. The maximum atomic E-state index is 12.3. The summed E-state index contributed by atoms with van der Waals surface area (Å²) in [5.74, 6) is -0.842. The van der Waals surface area contributed by atoms with E-state index in [2.05, 4.69) is 29.3 Å². The van der Waals surface area contributed by atoms with Crippen LogP contribution < -0.4 is 15.4 Å². The van der Waals surface area contributed by atoms with Crippen molar-refractivity contribution in [2.75, 3.05) is 5.32 Å². The van der Waals surface area contributed by atoms with Gasteiger partial charge < -0.3 is 20.1 Å². The summed E-state index contributed by atoms with van der Waals surface area (Å²) in [6, 6.07) is 23.7. The van der Waals surface area contributed by atoms with E-state index in [0.717, 1.165) is 22.4 Å². The third kappa shape index (κ3) is 6.45. The molecule has 0 spiro atoms. The van der Waals surface area contributed by atoms with Crippen LogP contribution in [0.15, 0.2) is 85.1 Å². The van der Waals surface area contributed by atoms with Crippen LogP contribution in [0.1, 0.15) is 43.6 Å². The highest BCUT2D eigenvalue weighted by molar-refractivity contribution is 7.80. The number of hydrogen-bond acceptors (Lipinski definition) is 4. The van der Waals surface area contributed by atoms with Gasteiger partial charge in [-0.1, -0.05) is 69.0 Å². The van der Waals surface area contributed by atoms with Gasteiger partial charge in [-0.2, -0.15) is 0 Å². The Kier molecular flexibility index (Phi) is 8.08. The van der Waals surface area contributed by atoms with Crippen molar-refractivity contribution >= 4 is 29.0 Å². The van der Waals surface area contributed by atoms with Crippen LogP contribution in [-0.4, -0.2) is 16.9 Å². The summed E-state index contributed by atoms with van der Waals surface area (Å²) < 4.78 is 11.0. The van der Waals surface area contributed by atoms with E-state index in [4.69, 9.17) is 21.7 Å². The van der Waals surface area contributed by atoms with Gasteiger partial charge in [0.15, 0.2) is 5.11 Å². The summed E-state index contributed by atoms with van der Waals surface area (Å²) in [6.45, 7) is 11.5. The number of fused-ring (bicyclic) bond motifs is 1. The van der Waals surface area contributed by atoms with E-state index in [9.17, 15) is 4.79 Å². The summed E-state index contributed by atoms with van der Waals surface area (Å²) in [6.07, 6.45) is 0.499. The largest absolute Gasteiger partial charge is 0.452 e. The van der Waals surface area contributed by atoms with E-state index >= 15 is 0 Å². The highest BCUT2D eigenvalue weighted by atomic mass is 32.1. The highest BCUT2D eigenvalue weighted by Crippen LogP contribution is 2.32. The summed E-state index contributed by atoms with van der Waals surface area (Å²) >= 11 is 5.42. The van der Waals surface area contributed by atoms with Crippen LogP contribution >= 0.6 is 12.2 Å². The predicted octanol–water partition coefficient (Wildman–Crippen LogP) is 6.71. The van der Waals surface area contributed by atoms with Crippen molar-refractivity contribution in [1.29, 1.82) is 0 Å². The Morgan fingerprint density at radius 1 is 0.941 bits per heavy atom. The second kappa shape index (κ2) is 11.0. The first kappa shape index (κ1) is 25.0. The molecule has 5 nitrogen and oxygen atoms in total. The van der Waals surface area contributed by atoms with E-state index in [-0.39, 0.29) is 0 Å². The fourth-order valence-electron chi connectivity index (χ4n) is 3.49. The Bertz CT molecular complexity index is 1170. The molecule has 0 saturated heterocycles. The molecule has 3 aromatic rings. The van der Waals surface area contributed by atoms with Gasteiger partial charge in [-0.3, -0.25) is 0 Å². The number of carbonyl (C=O) groups excluding carboxylic acids is 1.